The number of rotatable bonds is 1. The maximum absolute atomic E-state index is 11.4. The van der Waals surface area contributed by atoms with Crippen LogP contribution in [0, 0.1) is 0 Å². The number of carbonyl (C=O) groups is 2. The molecule has 0 bridgehead atoms. The van der Waals surface area contributed by atoms with Gasteiger partial charge in [0.05, 0.1) is 4.88 Å². The van der Waals surface area contributed by atoms with E-state index in [0.717, 1.165) is 0 Å². The lowest BCUT2D eigenvalue weighted by Gasteiger charge is -2.02. The Kier molecular flexibility index (Phi) is 2.01. The van der Waals surface area contributed by atoms with Gasteiger partial charge in [-0.2, -0.15) is 0 Å². The lowest BCUT2D eigenvalue weighted by Crippen LogP contribution is -2.05. The molecule has 0 amide bonds. The molecule has 2 N–H and O–H groups in total. The van der Waals surface area contributed by atoms with Crippen LogP contribution in [-0.4, -0.2) is 16.6 Å². The highest BCUT2D eigenvalue weighted by Gasteiger charge is 2.16. The van der Waals surface area contributed by atoms with Crippen LogP contribution in [0.4, 0.5) is 5.13 Å². The molecule has 0 aromatic carbocycles. The molecule has 1 aliphatic rings. The van der Waals surface area contributed by atoms with E-state index >= 15 is 0 Å². The quantitative estimate of drug-likeness (QED) is 0.690. The molecule has 0 saturated heterocycles. The predicted octanol–water partition coefficient (Wildman–Crippen LogP) is 0.817. The van der Waals surface area contributed by atoms with Crippen LogP contribution in [-0.2, 0) is 9.59 Å². The number of carbonyl (C=O) groups excluding carboxylic acids is 2. The molecule has 0 radical (unpaired) electrons. The van der Waals surface area contributed by atoms with Gasteiger partial charge >= 0.3 is 0 Å². The van der Waals surface area contributed by atoms with Crippen LogP contribution in [0.25, 0.3) is 5.57 Å². The summed E-state index contributed by atoms with van der Waals surface area (Å²) >= 11 is 1.19. The highest BCUT2D eigenvalue weighted by molar-refractivity contribution is 7.16. The smallest absolute Gasteiger partial charge is 0.187 e. The number of hydrogen-bond donors (Lipinski definition) is 1. The molecule has 1 aromatic rings. The number of aromatic nitrogens is 1. The summed E-state index contributed by atoms with van der Waals surface area (Å²) in [5.74, 6) is -0.375. The SMILES string of the molecule is Nc1ncc(C2=CC(=O)C=CC2=O)s1. The first-order valence-corrected chi connectivity index (χ1v) is 4.68. The number of nitrogens with zero attached hydrogens (tertiary/aromatic N) is 1. The Hall–Kier alpha value is -1.75. The van der Waals surface area contributed by atoms with Crippen LogP contribution in [0.15, 0.2) is 24.4 Å². The van der Waals surface area contributed by atoms with Gasteiger partial charge in [-0.15, -0.1) is 0 Å². The molecule has 0 atom stereocenters. The molecule has 1 aliphatic carbocycles. The van der Waals surface area contributed by atoms with Crippen LogP contribution < -0.4 is 5.73 Å². The normalized spacial score (nSPS) is 15.9. The van der Waals surface area contributed by atoms with Crippen molar-refractivity contribution < 1.29 is 9.59 Å². The zero-order valence-electron chi connectivity index (χ0n) is 7.06. The summed E-state index contributed by atoms with van der Waals surface area (Å²) in [6, 6.07) is 0. The van der Waals surface area contributed by atoms with E-state index in [1.54, 1.807) is 0 Å². The molecular weight excluding hydrogens is 200 g/mol. The van der Waals surface area contributed by atoms with Crippen molar-refractivity contribution in [3.63, 3.8) is 0 Å². The minimum atomic E-state index is -0.188. The third kappa shape index (κ3) is 1.49. The van der Waals surface area contributed by atoms with Crippen molar-refractivity contribution in [2.45, 2.75) is 0 Å². The summed E-state index contributed by atoms with van der Waals surface area (Å²) < 4.78 is 0. The predicted molar refractivity (Wildman–Crippen MR) is 53.7 cm³/mol. The average Bonchev–Trinajstić information content (AvgIpc) is 2.56. The fourth-order valence-corrected chi connectivity index (χ4v) is 1.82. The Bertz CT molecular complexity index is 471. The number of allylic oxidation sites excluding steroid dienone is 4. The number of nitrogens with two attached hydrogens (primary N) is 1. The Morgan fingerprint density at radius 2 is 2.07 bits per heavy atom. The molecule has 5 heteroatoms. The first-order chi connectivity index (χ1) is 6.66. The molecule has 0 fully saturated rings. The number of hydrogen-bond acceptors (Lipinski definition) is 5. The summed E-state index contributed by atoms with van der Waals surface area (Å²) in [7, 11) is 0. The highest BCUT2D eigenvalue weighted by Crippen LogP contribution is 2.25. The van der Waals surface area contributed by atoms with E-state index in [0.29, 0.717) is 15.6 Å². The van der Waals surface area contributed by atoms with Gasteiger partial charge in [-0.1, -0.05) is 11.3 Å². The van der Waals surface area contributed by atoms with E-state index in [2.05, 4.69) is 4.98 Å². The number of ketones is 2. The molecular formula is C9H6N2O2S. The number of thiazole rings is 1. The van der Waals surface area contributed by atoms with Crippen LogP contribution in [0.3, 0.4) is 0 Å². The molecule has 0 saturated carbocycles. The number of nitrogen functional groups attached to an aromatic ring is 1. The number of anilines is 1. The minimum absolute atomic E-state index is 0.187. The summed E-state index contributed by atoms with van der Waals surface area (Å²) in [4.78, 5) is 26.9. The van der Waals surface area contributed by atoms with Crippen molar-refractivity contribution in [2.75, 3.05) is 5.73 Å². The lowest BCUT2D eigenvalue weighted by molar-refractivity contribution is -0.113. The van der Waals surface area contributed by atoms with Gasteiger partial charge in [-0.05, 0) is 18.2 Å². The molecule has 14 heavy (non-hydrogen) atoms. The average molecular weight is 206 g/mol. The fraction of sp³-hybridized carbons (Fsp3) is 0. The van der Waals surface area contributed by atoms with Crippen LogP contribution >= 0.6 is 11.3 Å². The topological polar surface area (TPSA) is 73.0 Å². The van der Waals surface area contributed by atoms with Crippen LogP contribution in [0.5, 0.6) is 0 Å². The van der Waals surface area contributed by atoms with E-state index in [9.17, 15) is 9.59 Å². The van der Waals surface area contributed by atoms with Crippen molar-refractivity contribution in [2.24, 2.45) is 0 Å². The Morgan fingerprint density at radius 3 is 2.71 bits per heavy atom. The van der Waals surface area contributed by atoms with Crippen molar-refractivity contribution in [3.8, 4) is 0 Å². The van der Waals surface area contributed by atoms with Gasteiger partial charge in [0.25, 0.3) is 0 Å². The first-order valence-electron chi connectivity index (χ1n) is 3.86. The molecule has 70 valence electrons. The standard InChI is InChI=1S/C9H6N2O2S/c10-9-11-4-8(14-9)6-3-5(12)1-2-7(6)13/h1-4H,(H2,10,11). The summed E-state index contributed by atoms with van der Waals surface area (Å²) in [5, 5.41) is 0.385. The van der Waals surface area contributed by atoms with E-state index in [-0.39, 0.29) is 11.6 Å². The Morgan fingerprint density at radius 1 is 1.29 bits per heavy atom. The largest absolute Gasteiger partial charge is 0.375 e. The van der Waals surface area contributed by atoms with E-state index in [1.807, 2.05) is 0 Å². The third-order valence-electron chi connectivity index (χ3n) is 1.74. The Labute approximate surface area is 83.8 Å². The van der Waals surface area contributed by atoms with Gasteiger partial charge in [0.1, 0.15) is 0 Å². The second kappa shape index (κ2) is 3.19. The highest BCUT2D eigenvalue weighted by atomic mass is 32.1. The monoisotopic (exact) mass is 206 g/mol. The molecule has 2 rings (SSSR count). The summed E-state index contributed by atoms with van der Waals surface area (Å²) in [6.07, 6.45) is 5.30. The van der Waals surface area contributed by atoms with Gasteiger partial charge in [0.15, 0.2) is 16.7 Å². The van der Waals surface area contributed by atoms with Crippen LogP contribution in [0.1, 0.15) is 4.88 Å². The van der Waals surface area contributed by atoms with Gasteiger partial charge in [0.2, 0.25) is 0 Å². The Balaban J connectivity index is 2.44. The second-order valence-corrected chi connectivity index (χ2v) is 3.78. The van der Waals surface area contributed by atoms with Crippen molar-refractivity contribution in [3.05, 3.63) is 29.3 Å². The zero-order valence-corrected chi connectivity index (χ0v) is 7.88. The zero-order chi connectivity index (χ0) is 10.1. The van der Waals surface area contributed by atoms with Gasteiger partial charge in [-0.3, -0.25) is 9.59 Å². The van der Waals surface area contributed by atoms with E-state index in [1.165, 1.54) is 35.8 Å². The van der Waals surface area contributed by atoms with E-state index in [4.69, 9.17) is 5.73 Å². The molecule has 4 nitrogen and oxygen atoms in total. The van der Waals surface area contributed by atoms with Crippen molar-refractivity contribution in [1.82, 2.24) is 4.98 Å². The van der Waals surface area contributed by atoms with Crippen molar-refractivity contribution in [1.29, 1.82) is 0 Å². The van der Waals surface area contributed by atoms with Gasteiger partial charge < -0.3 is 5.73 Å². The fourth-order valence-electron chi connectivity index (χ4n) is 1.11. The van der Waals surface area contributed by atoms with Gasteiger partial charge in [0, 0.05) is 11.8 Å². The minimum Gasteiger partial charge on any atom is -0.375 e. The van der Waals surface area contributed by atoms with E-state index < -0.39 is 0 Å². The van der Waals surface area contributed by atoms with Crippen LogP contribution in [0.2, 0.25) is 0 Å². The molecule has 0 aliphatic heterocycles. The third-order valence-corrected chi connectivity index (χ3v) is 2.60. The first kappa shape index (κ1) is 8.83. The van der Waals surface area contributed by atoms with Gasteiger partial charge in [-0.25, -0.2) is 4.98 Å². The maximum atomic E-state index is 11.4. The molecule has 1 aromatic heterocycles. The maximum Gasteiger partial charge on any atom is 0.187 e. The molecule has 0 unspecified atom stereocenters. The second-order valence-electron chi connectivity index (χ2n) is 2.72. The summed E-state index contributed by atoms with van der Waals surface area (Å²) in [5.41, 5.74) is 5.80. The van der Waals surface area contributed by atoms with Crippen molar-refractivity contribution >= 4 is 33.6 Å². The summed E-state index contributed by atoms with van der Waals surface area (Å²) in [6.45, 7) is 0. The molecule has 0 spiro atoms. The lowest BCUT2D eigenvalue weighted by atomic mass is 10.0. The molecule has 1 heterocycles.